The predicted molar refractivity (Wildman–Crippen MR) is 103 cm³/mol. The summed E-state index contributed by atoms with van der Waals surface area (Å²) in [6, 6.07) is 11.7. The third-order valence-electron chi connectivity index (χ3n) is 4.67. The van der Waals surface area contributed by atoms with Crippen LogP contribution in [0.5, 0.6) is 0 Å². The Morgan fingerprint density at radius 2 is 1.37 bits per heavy atom. The van der Waals surface area contributed by atoms with Gasteiger partial charge < -0.3 is 0 Å². The molecule has 0 saturated carbocycles. The molecule has 2 amide bonds. The predicted octanol–water partition coefficient (Wildman–Crippen LogP) is 3.59. The van der Waals surface area contributed by atoms with Crippen molar-refractivity contribution < 1.29 is 9.59 Å². The molecule has 0 unspecified atom stereocenters. The van der Waals surface area contributed by atoms with E-state index in [0.717, 1.165) is 4.90 Å². The fourth-order valence-electron chi connectivity index (χ4n) is 3.25. The smallest absolute Gasteiger partial charge is 0.283 e. The zero-order valence-electron chi connectivity index (χ0n) is 14.4. The summed E-state index contributed by atoms with van der Waals surface area (Å²) in [6.07, 6.45) is 0. The minimum absolute atomic E-state index is 0.0137. The molecule has 2 aromatic carbocycles. The van der Waals surface area contributed by atoms with Gasteiger partial charge in [0.15, 0.2) is 0 Å². The molecule has 0 N–H and O–H groups in total. The lowest BCUT2D eigenvalue weighted by molar-refractivity contribution is 0.0925. The van der Waals surface area contributed by atoms with Gasteiger partial charge in [-0.15, -0.1) is 0 Å². The van der Waals surface area contributed by atoms with Crippen molar-refractivity contribution >= 4 is 40.7 Å². The Morgan fingerprint density at radius 3 is 1.89 bits per heavy atom. The number of hydrogen-bond acceptors (Lipinski definition) is 3. The van der Waals surface area contributed by atoms with Crippen molar-refractivity contribution in [2.75, 3.05) is 4.90 Å². The number of anilines is 1. The van der Waals surface area contributed by atoms with E-state index < -0.39 is 17.4 Å². The number of rotatable bonds is 2. The first kappa shape index (κ1) is 17.6. The molecule has 27 heavy (non-hydrogen) atoms. The van der Waals surface area contributed by atoms with E-state index in [0.29, 0.717) is 11.4 Å². The quantitative estimate of drug-likeness (QED) is 0.616. The monoisotopic (exact) mass is 401 g/mol. The molecule has 1 aromatic heterocycles. The fraction of sp³-hybridized carbons (Fsp3) is 0.105. The highest BCUT2D eigenvalue weighted by atomic mass is 35.5. The molecule has 0 atom stereocenters. The topological polar surface area (TPSA) is 64.3 Å². The summed E-state index contributed by atoms with van der Waals surface area (Å²) in [5.41, 5.74) is 0.914. The number of para-hydroxylation sites is 1. The van der Waals surface area contributed by atoms with Crippen LogP contribution in [0.3, 0.4) is 0 Å². The summed E-state index contributed by atoms with van der Waals surface area (Å²) in [7, 11) is 1.69. The molecule has 4 rings (SSSR count). The highest BCUT2D eigenvalue weighted by Crippen LogP contribution is 2.34. The molecule has 1 aliphatic rings. The van der Waals surface area contributed by atoms with Gasteiger partial charge in [0.2, 0.25) is 0 Å². The highest BCUT2D eigenvalue weighted by Gasteiger charge is 2.41. The maximum Gasteiger partial charge on any atom is 0.296 e. The van der Waals surface area contributed by atoms with E-state index >= 15 is 0 Å². The first-order valence-electron chi connectivity index (χ1n) is 8.04. The summed E-state index contributed by atoms with van der Waals surface area (Å²) < 4.78 is 3.02. The molecule has 6 nitrogen and oxygen atoms in total. The van der Waals surface area contributed by atoms with Gasteiger partial charge in [-0.25, -0.2) is 9.58 Å². The van der Waals surface area contributed by atoms with Crippen LogP contribution in [0.2, 0.25) is 10.0 Å². The second kappa shape index (κ2) is 6.11. The Hall–Kier alpha value is -2.83. The van der Waals surface area contributed by atoms with Gasteiger partial charge in [0, 0.05) is 7.05 Å². The summed E-state index contributed by atoms with van der Waals surface area (Å²) >= 11 is 12.0. The van der Waals surface area contributed by atoms with E-state index in [-0.39, 0.29) is 26.9 Å². The number of nitrogens with zero attached hydrogens (tertiary/aromatic N) is 3. The van der Waals surface area contributed by atoms with E-state index in [1.807, 2.05) is 6.07 Å². The van der Waals surface area contributed by atoms with E-state index in [9.17, 15) is 14.4 Å². The Bertz CT molecular complexity index is 1140. The van der Waals surface area contributed by atoms with Crippen LogP contribution in [-0.4, -0.2) is 21.2 Å². The van der Waals surface area contributed by atoms with E-state index in [4.69, 9.17) is 23.2 Å². The maximum atomic E-state index is 13.1. The van der Waals surface area contributed by atoms with Crippen LogP contribution >= 0.6 is 23.2 Å². The van der Waals surface area contributed by atoms with Gasteiger partial charge in [-0.2, -0.15) is 0 Å². The van der Waals surface area contributed by atoms with Crippen LogP contribution in [-0.2, 0) is 7.05 Å². The zero-order chi connectivity index (χ0) is 19.5. The Morgan fingerprint density at radius 1 is 0.852 bits per heavy atom. The molecule has 0 radical (unpaired) electrons. The third kappa shape index (κ3) is 2.44. The van der Waals surface area contributed by atoms with Crippen LogP contribution in [0.4, 0.5) is 5.69 Å². The molecule has 0 spiro atoms. The van der Waals surface area contributed by atoms with E-state index in [2.05, 4.69) is 0 Å². The van der Waals surface area contributed by atoms with Gasteiger partial charge in [-0.1, -0.05) is 41.4 Å². The van der Waals surface area contributed by atoms with Gasteiger partial charge >= 0.3 is 0 Å². The number of benzene rings is 2. The molecule has 0 saturated heterocycles. The number of imide groups is 1. The number of carbonyl (C=O) groups excluding carboxylic acids is 2. The summed E-state index contributed by atoms with van der Waals surface area (Å²) in [6.45, 7) is 1.68. The maximum absolute atomic E-state index is 13.1. The fourth-order valence-corrected chi connectivity index (χ4v) is 3.58. The number of aromatic nitrogens is 2. The zero-order valence-corrected chi connectivity index (χ0v) is 15.9. The third-order valence-corrected chi connectivity index (χ3v) is 5.40. The van der Waals surface area contributed by atoms with Crippen LogP contribution < -0.4 is 10.5 Å². The van der Waals surface area contributed by atoms with Gasteiger partial charge in [0.25, 0.3) is 17.4 Å². The van der Waals surface area contributed by atoms with E-state index in [1.54, 1.807) is 42.9 Å². The minimum Gasteiger partial charge on any atom is -0.283 e. The highest BCUT2D eigenvalue weighted by molar-refractivity contribution is 6.44. The van der Waals surface area contributed by atoms with E-state index in [1.165, 1.54) is 16.8 Å². The summed E-state index contributed by atoms with van der Waals surface area (Å²) in [4.78, 5) is 39.8. The van der Waals surface area contributed by atoms with Gasteiger partial charge in [-0.3, -0.25) is 19.1 Å². The van der Waals surface area contributed by atoms with Gasteiger partial charge in [0.1, 0.15) is 5.69 Å². The molecular weight excluding hydrogens is 389 g/mol. The minimum atomic E-state index is -0.598. The normalized spacial score (nSPS) is 13.4. The lowest BCUT2D eigenvalue weighted by Crippen LogP contribution is -2.34. The van der Waals surface area contributed by atoms with Crippen LogP contribution in [0.15, 0.2) is 47.3 Å². The SMILES string of the molecule is Cc1c(N2C(=O)c3cc(Cl)c(Cl)cc3C2=O)c(=O)n(-c2ccccc2)n1C. The summed E-state index contributed by atoms with van der Waals surface area (Å²) in [5, 5.41) is 0.342. The van der Waals surface area contributed by atoms with Crippen molar-refractivity contribution in [2.45, 2.75) is 6.92 Å². The molecule has 0 fully saturated rings. The number of carbonyl (C=O) groups is 2. The average Bonchev–Trinajstić information content (AvgIpc) is 3.00. The van der Waals surface area contributed by atoms with Crippen molar-refractivity contribution in [1.29, 1.82) is 0 Å². The molecule has 1 aliphatic heterocycles. The van der Waals surface area contributed by atoms with Crippen molar-refractivity contribution in [1.82, 2.24) is 9.36 Å². The first-order chi connectivity index (χ1) is 12.8. The van der Waals surface area contributed by atoms with Crippen LogP contribution in [0.25, 0.3) is 5.69 Å². The lowest BCUT2D eigenvalue weighted by atomic mass is 10.1. The number of fused-ring (bicyclic) bond motifs is 1. The Kier molecular flexibility index (Phi) is 3.98. The number of halogens is 2. The molecule has 8 heteroatoms. The van der Waals surface area contributed by atoms with Crippen molar-refractivity contribution in [3.8, 4) is 5.69 Å². The van der Waals surface area contributed by atoms with Crippen molar-refractivity contribution in [3.63, 3.8) is 0 Å². The molecule has 3 aromatic rings. The molecule has 136 valence electrons. The number of amides is 2. The summed E-state index contributed by atoms with van der Waals surface area (Å²) in [5.74, 6) is -1.20. The van der Waals surface area contributed by atoms with Crippen LogP contribution in [0.1, 0.15) is 26.4 Å². The van der Waals surface area contributed by atoms with Crippen LogP contribution in [0, 0.1) is 6.92 Å². The number of hydrogen-bond donors (Lipinski definition) is 0. The molecule has 2 heterocycles. The Labute approximate surface area is 164 Å². The standard InChI is InChI=1S/C19H13Cl2N3O3/c1-10-16(19(27)24(22(10)2)11-6-4-3-5-7-11)23-17(25)12-8-14(20)15(21)9-13(12)18(23)26/h3-9H,1-2H3. The average molecular weight is 402 g/mol. The first-order valence-corrected chi connectivity index (χ1v) is 8.80. The van der Waals surface area contributed by atoms with Gasteiger partial charge in [0.05, 0.1) is 32.6 Å². The molecular formula is C19H13Cl2N3O3. The lowest BCUT2D eigenvalue weighted by Gasteiger charge is -2.11. The second-order valence-corrected chi connectivity index (χ2v) is 6.98. The largest absolute Gasteiger partial charge is 0.296 e. The second-order valence-electron chi connectivity index (χ2n) is 6.17. The van der Waals surface area contributed by atoms with Crippen molar-refractivity contribution in [3.05, 3.63) is 79.7 Å². The molecule has 0 bridgehead atoms. The van der Waals surface area contributed by atoms with Crippen molar-refractivity contribution in [2.24, 2.45) is 7.05 Å². The van der Waals surface area contributed by atoms with Gasteiger partial charge in [-0.05, 0) is 31.2 Å². The molecule has 0 aliphatic carbocycles. The Balaban J connectivity index is 1.92.